The third-order valence-electron chi connectivity index (χ3n) is 3.86. The van der Waals surface area contributed by atoms with E-state index in [1.54, 1.807) is 27.2 Å². The van der Waals surface area contributed by atoms with Gasteiger partial charge in [0.05, 0.1) is 20.1 Å². The summed E-state index contributed by atoms with van der Waals surface area (Å²) >= 11 is 0. The maximum atomic E-state index is 11.0. The van der Waals surface area contributed by atoms with Gasteiger partial charge in [0.2, 0.25) is 0 Å². The molecule has 4 heteroatoms. The number of rotatable bonds is 6. The van der Waals surface area contributed by atoms with Crippen LogP contribution in [0.2, 0.25) is 0 Å². The van der Waals surface area contributed by atoms with E-state index in [1.807, 2.05) is 36.4 Å². The van der Waals surface area contributed by atoms with Gasteiger partial charge in [-0.1, -0.05) is 30.8 Å². The Balaban J connectivity index is 2.32. The Kier molecular flexibility index (Phi) is 5.06. The number of aliphatic carboxylic acids is 1. The van der Waals surface area contributed by atoms with Crippen molar-refractivity contribution in [3.8, 4) is 11.5 Å². The Labute approximate surface area is 136 Å². The van der Waals surface area contributed by atoms with Crippen LogP contribution in [0.3, 0.4) is 0 Å². The minimum atomic E-state index is -0.839. The zero-order valence-electron chi connectivity index (χ0n) is 13.5. The number of carbonyl (C=O) groups is 1. The van der Waals surface area contributed by atoms with Crippen LogP contribution in [0.1, 0.15) is 29.5 Å². The molecule has 0 spiro atoms. The maximum absolute atomic E-state index is 11.0. The Morgan fingerprint density at radius 3 is 2.26 bits per heavy atom. The van der Waals surface area contributed by atoms with Gasteiger partial charge in [-0.2, -0.15) is 0 Å². The monoisotopic (exact) mass is 312 g/mol. The van der Waals surface area contributed by atoms with E-state index in [1.165, 1.54) is 0 Å². The first kappa shape index (κ1) is 16.6. The summed E-state index contributed by atoms with van der Waals surface area (Å²) in [5.74, 6) is 0.0163. The fourth-order valence-corrected chi connectivity index (χ4v) is 2.32. The molecule has 2 aromatic rings. The summed E-state index contributed by atoms with van der Waals surface area (Å²) in [5, 5.41) is 9.06. The molecule has 2 aromatic carbocycles. The highest BCUT2D eigenvalue weighted by Gasteiger charge is 2.14. The van der Waals surface area contributed by atoms with E-state index in [0.717, 1.165) is 22.3 Å². The van der Waals surface area contributed by atoms with Gasteiger partial charge in [-0.3, -0.25) is 4.79 Å². The van der Waals surface area contributed by atoms with Gasteiger partial charge < -0.3 is 14.6 Å². The lowest BCUT2D eigenvalue weighted by molar-refractivity contribution is -0.138. The Hall–Kier alpha value is -2.75. The lowest BCUT2D eigenvalue weighted by atomic mass is 9.95. The second-order valence-corrected chi connectivity index (χ2v) is 5.23. The highest BCUT2D eigenvalue weighted by Crippen LogP contribution is 2.33. The first-order valence-corrected chi connectivity index (χ1v) is 7.22. The minimum absolute atomic E-state index is 0.534. The van der Waals surface area contributed by atoms with E-state index < -0.39 is 11.9 Å². The molecule has 0 radical (unpaired) electrons. The standard InChI is InChI=1S/C19H20O4/c1-12(17-10-9-16(22-3)11-18(17)23-4)14-5-7-15(8-6-14)13(2)19(20)21/h5-11,13H,1H2,2-4H3,(H,20,21). The first-order valence-electron chi connectivity index (χ1n) is 7.22. The second-order valence-electron chi connectivity index (χ2n) is 5.23. The molecule has 4 nitrogen and oxygen atoms in total. The molecule has 23 heavy (non-hydrogen) atoms. The fourth-order valence-electron chi connectivity index (χ4n) is 2.32. The van der Waals surface area contributed by atoms with Crippen LogP contribution >= 0.6 is 0 Å². The van der Waals surface area contributed by atoms with E-state index in [9.17, 15) is 4.79 Å². The van der Waals surface area contributed by atoms with Gasteiger partial charge in [0.25, 0.3) is 0 Å². The maximum Gasteiger partial charge on any atom is 0.310 e. The molecule has 120 valence electrons. The van der Waals surface area contributed by atoms with Crippen molar-refractivity contribution in [3.63, 3.8) is 0 Å². The van der Waals surface area contributed by atoms with Gasteiger partial charge in [-0.05, 0) is 35.8 Å². The van der Waals surface area contributed by atoms with Crippen molar-refractivity contribution in [1.82, 2.24) is 0 Å². The molecule has 0 amide bonds. The number of benzene rings is 2. The van der Waals surface area contributed by atoms with Gasteiger partial charge in [0.1, 0.15) is 11.5 Å². The van der Waals surface area contributed by atoms with Crippen molar-refractivity contribution in [3.05, 3.63) is 65.7 Å². The third-order valence-corrected chi connectivity index (χ3v) is 3.86. The van der Waals surface area contributed by atoms with Crippen molar-refractivity contribution < 1.29 is 19.4 Å². The van der Waals surface area contributed by atoms with Crippen LogP contribution in [0.15, 0.2) is 49.0 Å². The predicted molar refractivity (Wildman–Crippen MR) is 90.2 cm³/mol. The largest absolute Gasteiger partial charge is 0.497 e. The number of ether oxygens (including phenoxy) is 2. The molecule has 0 aliphatic carbocycles. The molecule has 0 bridgehead atoms. The Morgan fingerprint density at radius 1 is 1.09 bits per heavy atom. The van der Waals surface area contributed by atoms with E-state index in [2.05, 4.69) is 6.58 Å². The van der Waals surface area contributed by atoms with Gasteiger partial charge in [-0.15, -0.1) is 0 Å². The van der Waals surface area contributed by atoms with Crippen molar-refractivity contribution >= 4 is 11.5 Å². The Bertz CT molecular complexity index is 717. The normalized spacial score (nSPS) is 11.6. The van der Waals surface area contributed by atoms with Crippen LogP contribution in [0.4, 0.5) is 0 Å². The van der Waals surface area contributed by atoms with Crippen LogP contribution in [0.25, 0.3) is 5.57 Å². The lowest BCUT2D eigenvalue weighted by Gasteiger charge is -2.14. The zero-order valence-corrected chi connectivity index (χ0v) is 13.5. The summed E-state index contributed by atoms with van der Waals surface area (Å²) in [7, 11) is 3.20. The molecule has 1 atom stereocenters. The fraction of sp³-hybridized carbons (Fsp3) is 0.211. The summed E-state index contributed by atoms with van der Waals surface area (Å²) in [5.41, 5.74) is 3.34. The summed E-state index contributed by atoms with van der Waals surface area (Å²) in [6.45, 7) is 5.80. The number of hydrogen-bond donors (Lipinski definition) is 1. The number of hydrogen-bond acceptors (Lipinski definition) is 3. The van der Waals surface area contributed by atoms with Crippen LogP contribution in [0.5, 0.6) is 11.5 Å². The van der Waals surface area contributed by atoms with E-state index in [4.69, 9.17) is 14.6 Å². The quantitative estimate of drug-likeness (QED) is 0.877. The molecule has 0 saturated carbocycles. The molecule has 2 rings (SSSR count). The minimum Gasteiger partial charge on any atom is -0.497 e. The number of methoxy groups -OCH3 is 2. The molecule has 0 saturated heterocycles. The third kappa shape index (κ3) is 3.54. The molecule has 1 unspecified atom stereocenters. The molecule has 0 heterocycles. The molecular formula is C19H20O4. The SMILES string of the molecule is C=C(c1ccc(C(C)C(=O)O)cc1)c1ccc(OC)cc1OC. The van der Waals surface area contributed by atoms with Gasteiger partial charge in [0, 0.05) is 11.6 Å². The van der Waals surface area contributed by atoms with Crippen LogP contribution in [-0.4, -0.2) is 25.3 Å². The summed E-state index contributed by atoms with van der Waals surface area (Å²) in [6.07, 6.45) is 0. The first-order chi connectivity index (χ1) is 11.0. The summed E-state index contributed by atoms with van der Waals surface area (Å²) in [4.78, 5) is 11.0. The molecule has 0 aliphatic heterocycles. The Morgan fingerprint density at radius 2 is 1.74 bits per heavy atom. The molecule has 0 aliphatic rings. The van der Waals surface area contributed by atoms with Gasteiger partial charge >= 0.3 is 5.97 Å². The van der Waals surface area contributed by atoms with Crippen LogP contribution < -0.4 is 9.47 Å². The molecule has 1 N–H and O–H groups in total. The topological polar surface area (TPSA) is 55.8 Å². The van der Waals surface area contributed by atoms with Gasteiger partial charge in [0.15, 0.2) is 0 Å². The average Bonchev–Trinajstić information content (AvgIpc) is 2.59. The molecule has 0 aromatic heterocycles. The van der Waals surface area contributed by atoms with Crippen molar-refractivity contribution in [1.29, 1.82) is 0 Å². The van der Waals surface area contributed by atoms with E-state index >= 15 is 0 Å². The average molecular weight is 312 g/mol. The smallest absolute Gasteiger partial charge is 0.310 e. The molecule has 0 fully saturated rings. The predicted octanol–water partition coefficient (Wildman–Crippen LogP) is 3.95. The van der Waals surface area contributed by atoms with Crippen molar-refractivity contribution in [2.75, 3.05) is 14.2 Å². The molecular weight excluding hydrogens is 292 g/mol. The zero-order chi connectivity index (χ0) is 17.0. The van der Waals surface area contributed by atoms with Crippen molar-refractivity contribution in [2.24, 2.45) is 0 Å². The highest BCUT2D eigenvalue weighted by molar-refractivity contribution is 5.82. The number of carboxylic acid groups (broad SMARTS) is 1. The van der Waals surface area contributed by atoms with E-state index in [0.29, 0.717) is 11.5 Å². The number of carboxylic acids is 1. The highest BCUT2D eigenvalue weighted by atomic mass is 16.5. The second kappa shape index (κ2) is 7.01. The van der Waals surface area contributed by atoms with Gasteiger partial charge in [-0.25, -0.2) is 0 Å². The summed E-state index contributed by atoms with van der Waals surface area (Å²) < 4.78 is 10.6. The van der Waals surface area contributed by atoms with Crippen LogP contribution in [0, 0.1) is 0 Å². The van der Waals surface area contributed by atoms with E-state index in [-0.39, 0.29) is 0 Å². The van der Waals surface area contributed by atoms with Crippen molar-refractivity contribution in [2.45, 2.75) is 12.8 Å². The summed E-state index contributed by atoms with van der Waals surface area (Å²) in [6, 6.07) is 12.9. The van der Waals surface area contributed by atoms with Crippen LogP contribution in [-0.2, 0) is 4.79 Å². The lowest BCUT2D eigenvalue weighted by Crippen LogP contribution is -2.07.